The van der Waals surface area contributed by atoms with Crippen molar-refractivity contribution in [2.24, 2.45) is 12.8 Å². The van der Waals surface area contributed by atoms with Gasteiger partial charge < -0.3 is 5.73 Å². The Morgan fingerprint density at radius 1 is 1.50 bits per heavy atom. The third-order valence-electron chi connectivity index (χ3n) is 3.29. The van der Waals surface area contributed by atoms with E-state index in [0.717, 1.165) is 25.7 Å². The summed E-state index contributed by atoms with van der Waals surface area (Å²) in [5.41, 5.74) is 5.20. The lowest BCUT2D eigenvalue weighted by Gasteiger charge is -2.28. The quantitative estimate of drug-likeness (QED) is 0.812. The van der Waals surface area contributed by atoms with Gasteiger partial charge in [-0.25, -0.2) is 17.8 Å². The SMILES string of the molecule is Cn1nnc(Br)c1S(=O)(=O)NC1(CN)CCCC1. The molecule has 1 aromatic heterocycles. The highest BCUT2D eigenvalue weighted by Gasteiger charge is 2.38. The van der Waals surface area contributed by atoms with Crippen molar-refractivity contribution in [1.82, 2.24) is 19.7 Å². The Labute approximate surface area is 114 Å². The highest BCUT2D eigenvalue weighted by Crippen LogP contribution is 2.31. The molecule has 3 N–H and O–H groups in total. The molecule has 1 saturated carbocycles. The highest BCUT2D eigenvalue weighted by atomic mass is 79.9. The zero-order chi connectivity index (χ0) is 13.4. The van der Waals surface area contributed by atoms with Crippen LogP contribution in [0.2, 0.25) is 0 Å². The first-order chi connectivity index (χ1) is 8.40. The van der Waals surface area contributed by atoms with E-state index < -0.39 is 15.6 Å². The van der Waals surface area contributed by atoms with Crippen LogP contribution in [0.3, 0.4) is 0 Å². The predicted molar refractivity (Wildman–Crippen MR) is 69.3 cm³/mol. The lowest BCUT2D eigenvalue weighted by atomic mass is 10.0. The maximum atomic E-state index is 12.4. The molecule has 0 amide bonds. The number of aromatic nitrogens is 3. The third kappa shape index (κ3) is 2.44. The van der Waals surface area contributed by atoms with Crippen molar-refractivity contribution in [2.75, 3.05) is 6.54 Å². The smallest absolute Gasteiger partial charge is 0.261 e. The minimum absolute atomic E-state index is 0.0298. The molecule has 0 aliphatic heterocycles. The van der Waals surface area contributed by atoms with Crippen LogP contribution in [0.25, 0.3) is 0 Å². The van der Waals surface area contributed by atoms with E-state index in [2.05, 4.69) is 31.0 Å². The summed E-state index contributed by atoms with van der Waals surface area (Å²) in [6.07, 6.45) is 3.52. The molecule has 0 spiro atoms. The molecule has 0 radical (unpaired) electrons. The molecule has 102 valence electrons. The Hall–Kier alpha value is -0.510. The van der Waals surface area contributed by atoms with E-state index in [-0.39, 0.29) is 9.63 Å². The molecule has 0 bridgehead atoms. The second kappa shape index (κ2) is 4.87. The number of nitrogens with two attached hydrogens (primary N) is 1. The van der Waals surface area contributed by atoms with Crippen molar-refractivity contribution < 1.29 is 8.42 Å². The molecule has 0 saturated heterocycles. The lowest BCUT2D eigenvalue weighted by molar-refractivity contribution is 0.397. The number of nitrogens with one attached hydrogen (secondary N) is 1. The second-order valence-corrected chi connectivity index (χ2v) is 6.95. The highest BCUT2D eigenvalue weighted by molar-refractivity contribution is 9.10. The minimum Gasteiger partial charge on any atom is -0.329 e. The standard InChI is InChI=1S/C9H16BrN5O2S/c1-15-8(7(10)12-14-15)18(16,17)13-9(6-11)4-2-3-5-9/h13H,2-6,11H2,1H3. The first-order valence-corrected chi connectivity index (χ1v) is 7.97. The van der Waals surface area contributed by atoms with Gasteiger partial charge in [-0.15, -0.1) is 5.10 Å². The lowest BCUT2D eigenvalue weighted by Crippen LogP contribution is -2.51. The summed E-state index contributed by atoms with van der Waals surface area (Å²) in [5.74, 6) is 0. The summed E-state index contributed by atoms with van der Waals surface area (Å²) in [4.78, 5) is 0. The molecule has 1 heterocycles. The van der Waals surface area contributed by atoms with Crippen LogP contribution >= 0.6 is 15.9 Å². The Kier molecular flexibility index (Phi) is 3.77. The Balaban J connectivity index is 2.33. The van der Waals surface area contributed by atoms with Crippen molar-refractivity contribution in [1.29, 1.82) is 0 Å². The summed E-state index contributed by atoms with van der Waals surface area (Å²) in [7, 11) is -2.13. The first-order valence-electron chi connectivity index (χ1n) is 5.69. The zero-order valence-electron chi connectivity index (χ0n) is 10.1. The number of halogens is 1. The van der Waals surface area contributed by atoms with Crippen LogP contribution in [0.1, 0.15) is 25.7 Å². The van der Waals surface area contributed by atoms with Gasteiger partial charge in [-0.05, 0) is 28.8 Å². The molecule has 1 aromatic rings. The molecule has 7 nitrogen and oxygen atoms in total. The molecular weight excluding hydrogens is 322 g/mol. The fourth-order valence-corrected chi connectivity index (χ4v) is 4.91. The largest absolute Gasteiger partial charge is 0.329 e. The van der Waals surface area contributed by atoms with Crippen molar-refractivity contribution in [3.8, 4) is 0 Å². The van der Waals surface area contributed by atoms with E-state index >= 15 is 0 Å². The van der Waals surface area contributed by atoms with Gasteiger partial charge in [-0.2, -0.15) is 0 Å². The van der Waals surface area contributed by atoms with Gasteiger partial charge in [0.15, 0.2) is 4.60 Å². The van der Waals surface area contributed by atoms with E-state index in [1.807, 2.05) is 0 Å². The van der Waals surface area contributed by atoms with Gasteiger partial charge in [0.05, 0.1) is 0 Å². The second-order valence-electron chi connectivity index (χ2n) is 4.61. The Morgan fingerprint density at radius 3 is 2.56 bits per heavy atom. The number of nitrogens with zero attached hydrogens (tertiary/aromatic N) is 3. The van der Waals surface area contributed by atoms with Crippen LogP contribution in [-0.4, -0.2) is 35.5 Å². The number of aryl methyl sites for hydroxylation is 1. The van der Waals surface area contributed by atoms with Crippen LogP contribution in [0.5, 0.6) is 0 Å². The number of hydrogen-bond acceptors (Lipinski definition) is 5. The van der Waals surface area contributed by atoms with Gasteiger partial charge in [0.25, 0.3) is 10.0 Å². The van der Waals surface area contributed by atoms with Gasteiger partial charge in [0.2, 0.25) is 5.03 Å². The molecule has 1 aliphatic rings. The van der Waals surface area contributed by atoms with Crippen molar-refractivity contribution in [3.63, 3.8) is 0 Å². The first kappa shape index (κ1) is 13.9. The monoisotopic (exact) mass is 337 g/mol. The van der Waals surface area contributed by atoms with Gasteiger partial charge in [0.1, 0.15) is 0 Å². The van der Waals surface area contributed by atoms with E-state index in [9.17, 15) is 8.42 Å². The Morgan fingerprint density at radius 2 is 2.11 bits per heavy atom. The fourth-order valence-electron chi connectivity index (χ4n) is 2.34. The molecule has 9 heteroatoms. The van der Waals surface area contributed by atoms with E-state index in [1.165, 1.54) is 11.7 Å². The van der Waals surface area contributed by atoms with Gasteiger partial charge in [0, 0.05) is 19.1 Å². The van der Waals surface area contributed by atoms with Crippen LogP contribution in [-0.2, 0) is 17.1 Å². The minimum atomic E-state index is -3.67. The molecule has 1 fully saturated rings. The van der Waals surface area contributed by atoms with Crippen LogP contribution in [0.4, 0.5) is 0 Å². The number of hydrogen-bond donors (Lipinski definition) is 2. The summed E-state index contributed by atoms with van der Waals surface area (Å²) in [5, 5.41) is 7.39. The van der Waals surface area contributed by atoms with Crippen LogP contribution in [0.15, 0.2) is 9.63 Å². The summed E-state index contributed by atoms with van der Waals surface area (Å²) in [6, 6.07) is 0. The van der Waals surface area contributed by atoms with Gasteiger partial charge in [-0.3, -0.25) is 0 Å². The van der Waals surface area contributed by atoms with Crippen molar-refractivity contribution >= 4 is 26.0 Å². The van der Waals surface area contributed by atoms with Crippen molar-refractivity contribution in [2.45, 2.75) is 36.2 Å². The average molecular weight is 338 g/mol. The topological polar surface area (TPSA) is 103 Å². The molecule has 1 aliphatic carbocycles. The van der Waals surface area contributed by atoms with Crippen LogP contribution < -0.4 is 10.5 Å². The molecule has 18 heavy (non-hydrogen) atoms. The molecule has 0 aromatic carbocycles. The fraction of sp³-hybridized carbons (Fsp3) is 0.778. The number of sulfonamides is 1. The van der Waals surface area contributed by atoms with Crippen LogP contribution in [0, 0.1) is 0 Å². The predicted octanol–water partition coefficient (Wildman–Crippen LogP) is 0.127. The maximum Gasteiger partial charge on any atom is 0.261 e. The van der Waals surface area contributed by atoms with E-state index in [4.69, 9.17) is 5.73 Å². The maximum absolute atomic E-state index is 12.4. The van der Waals surface area contributed by atoms with Gasteiger partial charge in [-0.1, -0.05) is 18.1 Å². The summed E-state index contributed by atoms with van der Waals surface area (Å²) in [6.45, 7) is 0.301. The third-order valence-corrected chi connectivity index (χ3v) is 5.76. The summed E-state index contributed by atoms with van der Waals surface area (Å²) < 4.78 is 28.9. The molecular formula is C9H16BrN5O2S. The Bertz CT molecular complexity index is 516. The average Bonchev–Trinajstić information content (AvgIpc) is 2.86. The zero-order valence-corrected chi connectivity index (χ0v) is 12.5. The summed E-state index contributed by atoms with van der Waals surface area (Å²) >= 11 is 3.10. The molecule has 2 rings (SSSR count). The molecule has 0 atom stereocenters. The normalized spacial score (nSPS) is 19.3. The number of rotatable bonds is 4. The van der Waals surface area contributed by atoms with Gasteiger partial charge >= 0.3 is 0 Å². The van der Waals surface area contributed by atoms with E-state index in [1.54, 1.807) is 0 Å². The molecule has 0 unspecified atom stereocenters. The van der Waals surface area contributed by atoms with Crippen molar-refractivity contribution in [3.05, 3.63) is 4.60 Å². The van der Waals surface area contributed by atoms with E-state index in [0.29, 0.717) is 6.54 Å².